The van der Waals surface area contributed by atoms with Gasteiger partial charge < -0.3 is 14.7 Å². The number of halogens is 1. The molecule has 0 aliphatic carbocycles. The average molecular weight is 344 g/mol. The van der Waals surface area contributed by atoms with Crippen LogP contribution in [-0.4, -0.2) is 23.1 Å². The third-order valence-corrected chi connectivity index (χ3v) is 4.04. The molecule has 0 radical (unpaired) electrons. The van der Waals surface area contributed by atoms with Gasteiger partial charge in [-0.3, -0.25) is 0 Å². The Bertz CT molecular complexity index is 567. The summed E-state index contributed by atoms with van der Waals surface area (Å²) in [5, 5.41) is 8.72. The van der Waals surface area contributed by atoms with Crippen LogP contribution in [0.1, 0.15) is 17.0 Å². The van der Waals surface area contributed by atoms with Crippen molar-refractivity contribution in [3.8, 4) is 0 Å². The van der Waals surface area contributed by atoms with Crippen LogP contribution in [0.5, 0.6) is 0 Å². The molecule has 102 valence electrons. The van der Waals surface area contributed by atoms with E-state index < -0.39 is 0 Å². The smallest absolute Gasteiger partial charge is 0.317 e. The SMILES string of the molecule is Cc1cc(CN(C)C(=O)NCc2csc(Br)c2)no1. The molecule has 0 fully saturated rings. The van der Waals surface area contributed by atoms with Gasteiger partial charge in [0.1, 0.15) is 11.5 Å². The molecule has 0 bridgehead atoms. The predicted octanol–water partition coefficient (Wildman–Crippen LogP) is 3.15. The van der Waals surface area contributed by atoms with Crippen molar-refractivity contribution in [1.29, 1.82) is 0 Å². The maximum atomic E-state index is 11.9. The van der Waals surface area contributed by atoms with E-state index in [9.17, 15) is 4.79 Å². The van der Waals surface area contributed by atoms with Gasteiger partial charge in [0, 0.05) is 19.7 Å². The van der Waals surface area contributed by atoms with E-state index in [2.05, 4.69) is 26.4 Å². The number of aromatic nitrogens is 1. The van der Waals surface area contributed by atoms with Crippen molar-refractivity contribution in [2.75, 3.05) is 7.05 Å². The van der Waals surface area contributed by atoms with Crippen LogP contribution in [0.15, 0.2) is 25.8 Å². The zero-order valence-electron chi connectivity index (χ0n) is 10.6. The molecular weight excluding hydrogens is 330 g/mol. The summed E-state index contributed by atoms with van der Waals surface area (Å²) in [6, 6.07) is 3.68. The first kappa shape index (κ1) is 14.1. The number of amides is 2. The number of thiophene rings is 1. The monoisotopic (exact) mass is 343 g/mol. The largest absolute Gasteiger partial charge is 0.361 e. The number of nitrogens with zero attached hydrogens (tertiary/aromatic N) is 2. The first-order valence-corrected chi connectivity index (χ1v) is 7.36. The van der Waals surface area contributed by atoms with Gasteiger partial charge >= 0.3 is 6.03 Å². The maximum Gasteiger partial charge on any atom is 0.317 e. The highest BCUT2D eigenvalue weighted by Crippen LogP contribution is 2.20. The van der Waals surface area contributed by atoms with Gasteiger partial charge in [-0.05, 0) is 39.9 Å². The summed E-state index contributed by atoms with van der Waals surface area (Å²) in [4.78, 5) is 13.5. The maximum absolute atomic E-state index is 11.9. The van der Waals surface area contributed by atoms with Gasteiger partial charge in [0.2, 0.25) is 0 Å². The summed E-state index contributed by atoms with van der Waals surface area (Å²) in [7, 11) is 1.73. The number of aryl methyl sites for hydroxylation is 1. The summed E-state index contributed by atoms with van der Waals surface area (Å²) < 4.78 is 6.02. The van der Waals surface area contributed by atoms with Gasteiger partial charge in [0.15, 0.2) is 0 Å². The van der Waals surface area contributed by atoms with E-state index in [1.807, 2.05) is 24.4 Å². The molecule has 2 amide bonds. The lowest BCUT2D eigenvalue weighted by Crippen LogP contribution is -2.36. The Morgan fingerprint density at radius 3 is 2.95 bits per heavy atom. The summed E-state index contributed by atoms with van der Waals surface area (Å²) in [6.45, 7) is 2.77. The minimum Gasteiger partial charge on any atom is -0.361 e. The van der Waals surface area contributed by atoms with E-state index in [1.165, 1.54) is 0 Å². The molecule has 19 heavy (non-hydrogen) atoms. The minimum absolute atomic E-state index is 0.136. The van der Waals surface area contributed by atoms with Gasteiger partial charge in [-0.25, -0.2) is 4.79 Å². The molecule has 2 aromatic rings. The molecule has 0 saturated carbocycles. The molecular formula is C12H14BrN3O2S. The number of carbonyl (C=O) groups excluding carboxylic acids is 1. The fraction of sp³-hybridized carbons (Fsp3) is 0.333. The number of urea groups is 1. The van der Waals surface area contributed by atoms with Gasteiger partial charge in [0.05, 0.1) is 10.3 Å². The lowest BCUT2D eigenvalue weighted by molar-refractivity contribution is 0.205. The van der Waals surface area contributed by atoms with Crippen molar-refractivity contribution in [2.24, 2.45) is 0 Å². The van der Waals surface area contributed by atoms with Crippen molar-refractivity contribution >= 4 is 33.3 Å². The average Bonchev–Trinajstić information content (AvgIpc) is 2.95. The molecule has 0 spiro atoms. The van der Waals surface area contributed by atoms with Gasteiger partial charge in [-0.15, -0.1) is 11.3 Å². The van der Waals surface area contributed by atoms with E-state index in [4.69, 9.17) is 4.52 Å². The van der Waals surface area contributed by atoms with Crippen LogP contribution >= 0.6 is 27.3 Å². The Labute approximate surface area is 123 Å². The van der Waals surface area contributed by atoms with Gasteiger partial charge in [0.25, 0.3) is 0 Å². The molecule has 5 nitrogen and oxygen atoms in total. The van der Waals surface area contributed by atoms with Crippen molar-refractivity contribution < 1.29 is 9.32 Å². The molecule has 2 heterocycles. The lowest BCUT2D eigenvalue weighted by Gasteiger charge is -2.16. The van der Waals surface area contributed by atoms with Crippen LogP contribution in [0, 0.1) is 6.92 Å². The van der Waals surface area contributed by atoms with Gasteiger partial charge in [-0.2, -0.15) is 0 Å². The van der Waals surface area contributed by atoms with E-state index >= 15 is 0 Å². The Balaban J connectivity index is 1.82. The Morgan fingerprint density at radius 1 is 1.58 bits per heavy atom. The molecule has 0 aliphatic rings. The van der Waals surface area contributed by atoms with E-state index in [-0.39, 0.29) is 6.03 Å². The first-order chi connectivity index (χ1) is 9.04. The topological polar surface area (TPSA) is 58.4 Å². The molecule has 0 atom stereocenters. The van der Waals surface area contributed by atoms with Gasteiger partial charge in [-0.1, -0.05) is 5.16 Å². The van der Waals surface area contributed by atoms with E-state index in [1.54, 1.807) is 23.3 Å². The first-order valence-electron chi connectivity index (χ1n) is 5.68. The summed E-state index contributed by atoms with van der Waals surface area (Å²) in [6.07, 6.45) is 0. The molecule has 0 saturated heterocycles. The van der Waals surface area contributed by atoms with Crippen molar-refractivity contribution in [3.63, 3.8) is 0 Å². The van der Waals surface area contributed by atoms with Crippen molar-refractivity contribution in [2.45, 2.75) is 20.0 Å². The minimum atomic E-state index is -0.136. The number of hydrogen-bond donors (Lipinski definition) is 1. The quantitative estimate of drug-likeness (QED) is 0.927. The van der Waals surface area contributed by atoms with Crippen LogP contribution < -0.4 is 5.32 Å². The van der Waals surface area contributed by atoms with E-state index in [0.717, 1.165) is 20.8 Å². The van der Waals surface area contributed by atoms with Crippen LogP contribution in [0.3, 0.4) is 0 Å². The molecule has 7 heteroatoms. The Hall–Kier alpha value is -1.34. The highest BCUT2D eigenvalue weighted by Gasteiger charge is 2.11. The Kier molecular flexibility index (Phi) is 4.60. The lowest BCUT2D eigenvalue weighted by atomic mass is 10.3. The highest BCUT2D eigenvalue weighted by molar-refractivity contribution is 9.11. The molecule has 0 aromatic carbocycles. The number of nitrogens with one attached hydrogen (secondary N) is 1. The second-order valence-corrected chi connectivity index (χ2v) is 6.49. The summed E-state index contributed by atoms with van der Waals surface area (Å²) >= 11 is 4.99. The Morgan fingerprint density at radius 2 is 2.37 bits per heavy atom. The van der Waals surface area contributed by atoms with Crippen molar-refractivity contribution in [3.05, 3.63) is 38.3 Å². The summed E-state index contributed by atoms with van der Waals surface area (Å²) in [5.41, 5.74) is 1.82. The van der Waals surface area contributed by atoms with Crippen LogP contribution in [0.4, 0.5) is 4.79 Å². The standard InChI is InChI=1S/C12H14BrN3O2S/c1-8-3-10(15-18-8)6-16(2)12(17)14-5-9-4-11(13)19-7-9/h3-4,7H,5-6H2,1-2H3,(H,14,17). The van der Waals surface area contributed by atoms with Crippen LogP contribution in [0.2, 0.25) is 0 Å². The molecule has 1 N–H and O–H groups in total. The van der Waals surface area contributed by atoms with E-state index in [0.29, 0.717) is 13.1 Å². The fourth-order valence-corrected chi connectivity index (χ4v) is 2.77. The molecule has 2 aromatic heterocycles. The molecule has 0 unspecified atom stereocenters. The third-order valence-electron chi connectivity index (χ3n) is 2.49. The number of hydrogen-bond acceptors (Lipinski definition) is 4. The van der Waals surface area contributed by atoms with Crippen molar-refractivity contribution in [1.82, 2.24) is 15.4 Å². The highest BCUT2D eigenvalue weighted by atomic mass is 79.9. The molecule has 2 rings (SSSR count). The normalized spacial score (nSPS) is 10.5. The van der Waals surface area contributed by atoms with Crippen LogP contribution in [0.25, 0.3) is 0 Å². The zero-order chi connectivity index (χ0) is 13.8. The molecule has 0 aliphatic heterocycles. The number of rotatable bonds is 4. The number of carbonyl (C=O) groups is 1. The fourth-order valence-electron chi connectivity index (χ4n) is 1.56. The second-order valence-electron chi connectivity index (χ2n) is 4.20. The summed E-state index contributed by atoms with van der Waals surface area (Å²) in [5.74, 6) is 0.743. The second kappa shape index (κ2) is 6.21. The van der Waals surface area contributed by atoms with Crippen LogP contribution in [-0.2, 0) is 13.1 Å². The predicted molar refractivity (Wildman–Crippen MR) is 77.0 cm³/mol. The zero-order valence-corrected chi connectivity index (χ0v) is 13.0. The third kappa shape index (κ3) is 4.07.